The molecular formula is C22H20. The van der Waals surface area contributed by atoms with Gasteiger partial charge in [0.05, 0.1) is 0 Å². The van der Waals surface area contributed by atoms with Crippen LogP contribution in [0.5, 0.6) is 0 Å². The molecule has 0 aliphatic heterocycles. The molecule has 3 aromatic rings. The van der Waals surface area contributed by atoms with Crippen molar-refractivity contribution in [2.45, 2.75) is 20.8 Å². The summed E-state index contributed by atoms with van der Waals surface area (Å²) in [4.78, 5) is 0. The Morgan fingerprint density at radius 2 is 1.41 bits per heavy atom. The van der Waals surface area contributed by atoms with Crippen LogP contribution in [0.1, 0.15) is 26.3 Å². The lowest BCUT2D eigenvalue weighted by atomic mass is 9.94. The van der Waals surface area contributed by atoms with Crippen LogP contribution >= 0.6 is 0 Å². The van der Waals surface area contributed by atoms with Gasteiger partial charge in [0.1, 0.15) is 0 Å². The summed E-state index contributed by atoms with van der Waals surface area (Å²) in [5.74, 6) is 0. The van der Waals surface area contributed by atoms with Gasteiger partial charge in [-0.1, -0.05) is 81.5 Å². The van der Waals surface area contributed by atoms with E-state index in [2.05, 4.69) is 87.5 Å². The SMILES string of the molecule is CC(C)(C)/C=C/c1ccc2c(c1)-c1cccc3cccc-2c13. The molecule has 0 amide bonds. The Labute approximate surface area is 132 Å². The van der Waals surface area contributed by atoms with Crippen LogP contribution in [0.15, 0.2) is 60.7 Å². The quantitative estimate of drug-likeness (QED) is 0.372. The average Bonchev–Trinajstić information content (AvgIpc) is 2.81. The second-order valence-electron chi connectivity index (χ2n) is 7.21. The molecule has 0 nitrogen and oxygen atoms in total. The first-order valence-corrected chi connectivity index (χ1v) is 7.89. The summed E-state index contributed by atoms with van der Waals surface area (Å²) in [6.45, 7) is 6.69. The normalized spacial score (nSPS) is 13.0. The van der Waals surface area contributed by atoms with E-state index in [0.29, 0.717) is 0 Å². The van der Waals surface area contributed by atoms with E-state index >= 15 is 0 Å². The van der Waals surface area contributed by atoms with Crippen molar-refractivity contribution in [2.24, 2.45) is 5.41 Å². The van der Waals surface area contributed by atoms with Gasteiger partial charge < -0.3 is 0 Å². The standard InChI is InChI=1S/C22H20/c1-22(2,3)13-12-15-10-11-17-18-8-4-6-16-7-5-9-19(21(16)18)20(17)14-15/h4-14H,1-3H3/b13-12+. The maximum absolute atomic E-state index is 2.33. The van der Waals surface area contributed by atoms with Crippen molar-refractivity contribution in [1.82, 2.24) is 0 Å². The van der Waals surface area contributed by atoms with Crippen molar-refractivity contribution < 1.29 is 0 Å². The predicted molar refractivity (Wildman–Crippen MR) is 96.9 cm³/mol. The molecule has 0 saturated carbocycles. The van der Waals surface area contributed by atoms with E-state index in [-0.39, 0.29) is 5.41 Å². The fraction of sp³-hybridized carbons (Fsp3) is 0.182. The van der Waals surface area contributed by atoms with Gasteiger partial charge in [0.25, 0.3) is 0 Å². The Balaban J connectivity index is 1.91. The summed E-state index contributed by atoms with van der Waals surface area (Å²) in [6, 6.07) is 20.0. The lowest BCUT2D eigenvalue weighted by Gasteiger charge is -2.11. The highest BCUT2D eigenvalue weighted by Crippen LogP contribution is 2.47. The van der Waals surface area contributed by atoms with Crippen LogP contribution in [0.25, 0.3) is 39.1 Å². The predicted octanol–water partition coefficient (Wildman–Crippen LogP) is 6.55. The number of fused-ring (bicyclic) bond motifs is 3. The fourth-order valence-corrected chi connectivity index (χ4v) is 3.26. The van der Waals surface area contributed by atoms with E-state index in [0.717, 1.165) is 0 Å². The third-order valence-electron chi connectivity index (χ3n) is 4.30. The first-order valence-electron chi connectivity index (χ1n) is 7.89. The van der Waals surface area contributed by atoms with Crippen molar-refractivity contribution in [3.05, 3.63) is 66.2 Å². The highest BCUT2D eigenvalue weighted by molar-refractivity contribution is 6.15. The van der Waals surface area contributed by atoms with Crippen LogP contribution in [-0.2, 0) is 0 Å². The van der Waals surface area contributed by atoms with E-state index in [1.54, 1.807) is 0 Å². The number of hydrogen-bond donors (Lipinski definition) is 0. The molecule has 0 heteroatoms. The zero-order valence-electron chi connectivity index (χ0n) is 13.4. The number of allylic oxidation sites excluding steroid dienone is 1. The summed E-state index contributed by atoms with van der Waals surface area (Å²) < 4.78 is 0. The number of hydrogen-bond acceptors (Lipinski definition) is 0. The molecule has 1 aliphatic carbocycles. The van der Waals surface area contributed by atoms with Gasteiger partial charge in [-0.05, 0) is 50.1 Å². The molecule has 4 rings (SSSR count). The maximum atomic E-state index is 2.33. The molecule has 3 aromatic carbocycles. The minimum atomic E-state index is 0.210. The third kappa shape index (κ3) is 2.07. The first kappa shape index (κ1) is 13.3. The van der Waals surface area contributed by atoms with Gasteiger partial charge in [0.2, 0.25) is 0 Å². The monoisotopic (exact) mass is 284 g/mol. The fourth-order valence-electron chi connectivity index (χ4n) is 3.26. The van der Waals surface area contributed by atoms with Gasteiger partial charge in [-0.3, -0.25) is 0 Å². The number of rotatable bonds is 1. The zero-order chi connectivity index (χ0) is 15.3. The number of benzene rings is 3. The Morgan fingerprint density at radius 3 is 2.09 bits per heavy atom. The summed E-state index contributed by atoms with van der Waals surface area (Å²) >= 11 is 0. The van der Waals surface area contributed by atoms with Gasteiger partial charge in [0.15, 0.2) is 0 Å². The highest BCUT2D eigenvalue weighted by Gasteiger charge is 2.20. The Kier molecular flexibility index (Phi) is 2.77. The molecule has 108 valence electrons. The van der Waals surface area contributed by atoms with Crippen LogP contribution in [0.3, 0.4) is 0 Å². The van der Waals surface area contributed by atoms with Gasteiger partial charge in [-0.2, -0.15) is 0 Å². The smallest absolute Gasteiger partial charge is 0.00264 e. The molecule has 0 heterocycles. The van der Waals surface area contributed by atoms with Gasteiger partial charge in [-0.15, -0.1) is 0 Å². The molecule has 1 aliphatic rings. The van der Waals surface area contributed by atoms with Crippen LogP contribution in [0, 0.1) is 5.41 Å². The molecule has 0 saturated heterocycles. The molecule has 0 unspecified atom stereocenters. The summed E-state index contributed by atoms with van der Waals surface area (Å²) in [7, 11) is 0. The molecule has 0 N–H and O–H groups in total. The largest absolute Gasteiger partial charge is 0.0785 e. The van der Waals surface area contributed by atoms with E-state index in [4.69, 9.17) is 0 Å². The van der Waals surface area contributed by atoms with Crippen LogP contribution in [-0.4, -0.2) is 0 Å². The molecule has 0 bridgehead atoms. The van der Waals surface area contributed by atoms with E-state index < -0.39 is 0 Å². The second-order valence-corrected chi connectivity index (χ2v) is 7.21. The zero-order valence-corrected chi connectivity index (χ0v) is 13.4. The first-order chi connectivity index (χ1) is 10.5. The molecule has 0 atom stereocenters. The van der Waals surface area contributed by atoms with Crippen molar-refractivity contribution in [2.75, 3.05) is 0 Å². The van der Waals surface area contributed by atoms with Crippen molar-refractivity contribution in [3.63, 3.8) is 0 Å². The highest BCUT2D eigenvalue weighted by atomic mass is 14.2. The van der Waals surface area contributed by atoms with Crippen LogP contribution < -0.4 is 0 Å². The molecular weight excluding hydrogens is 264 g/mol. The van der Waals surface area contributed by atoms with Gasteiger partial charge >= 0.3 is 0 Å². The lowest BCUT2D eigenvalue weighted by Crippen LogP contribution is -1.97. The maximum Gasteiger partial charge on any atom is -0.00264 e. The average molecular weight is 284 g/mol. The Bertz CT molecular complexity index is 900. The minimum Gasteiger partial charge on any atom is -0.0785 e. The summed E-state index contributed by atoms with van der Waals surface area (Å²) in [5.41, 5.74) is 6.95. The van der Waals surface area contributed by atoms with Gasteiger partial charge in [-0.25, -0.2) is 0 Å². The summed E-state index contributed by atoms with van der Waals surface area (Å²) in [5, 5.41) is 2.73. The topological polar surface area (TPSA) is 0 Å². The van der Waals surface area contributed by atoms with Crippen LogP contribution in [0.4, 0.5) is 0 Å². The molecule has 0 fully saturated rings. The molecule has 0 spiro atoms. The van der Waals surface area contributed by atoms with Crippen LogP contribution in [0.2, 0.25) is 0 Å². The second kappa shape index (κ2) is 4.58. The van der Waals surface area contributed by atoms with E-state index in [9.17, 15) is 0 Å². The lowest BCUT2D eigenvalue weighted by molar-refractivity contribution is 0.547. The Morgan fingerprint density at radius 1 is 0.727 bits per heavy atom. The van der Waals surface area contributed by atoms with Gasteiger partial charge in [0, 0.05) is 0 Å². The van der Waals surface area contributed by atoms with Crippen molar-refractivity contribution in [1.29, 1.82) is 0 Å². The van der Waals surface area contributed by atoms with Crippen molar-refractivity contribution >= 4 is 16.8 Å². The third-order valence-corrected chi connectivity index (χ3v) is 4.30. The minimum absolute atomic E-state index is 0.210. The molecule has 22 heavy (non-hydrogen) atoms. The molecule has 0 aromatic heterocycles. The van der Waals surface area contributed by atoms with E-state index in [1.807, 2.05) is 0 Å². The molecule has 0 radical (unpaired) electrons. The summed E-state index contributed by atoms with van der Waals surface area (Å²) in [6.07, 6.45) is 4.51. The Hall–Kier alpha value is -2.34. The van der Waals surface area contributed by atoms with Crippen molar-refractivity contribution in [3.8, 4) is 22.3 Å². The van der Waals surface area contributed by atoms with E-state index in [1.165, 1.54) is 38.6 Å².